The van der Waals surface area contributed by atoms with Crippen molar-refractivity contribution in [3.8, 4) is 0 Å². The molecule has 7 nitrogen and oxygen atoms in total. The molecule has 0 saturated carbocycles. The summed E-state index contributed by atoms with van der Waals surface area (Å²) in [5, 5.41) is 23.2. The molecule has 0 unspecified atom stereocenters. The van der Waals surface area contributed by atoms with Gasteiger partial charge in [0.2, 0.25) is 0 Å². The fraction of sp³-hybridized carbons (Fsp3) is 0.375. The van der Waals surface area contributed by atoms with Crippen LogP contribution in [-0.4, -0.2) is 44.5 Å². The Labute approximate surface area is 85.3 Å². The molecule has 0 radical (unpaired) electrons. The lowest BCUT2D eigenvalue weighted by molar-refractivity contribution is -0.140. The maximum absolute atomic E-state index is 11.4. The van der Waals surface area contributed by atoms with Crippen molar-refractivity contribution in [3.63, 3.8) is 0 Å². The van der Waals surface area contributed by atoms with Gasteiger partial charge in [0.15, 0.2) is 6.04 Å². The smallest absolute Gasteiger partial charge is 0.328 e. The number of aliphatic hydroxyl groups is 1. The van der Waals surface area contributed by atoms with Crippen LogP contribution in [0.3, 0.4) is 0 Å². The fourth-order valence-corrected chi connectivity index (χ4v) is 0.966. The van der Waals surface area contributed by atoms with Gasteiger partial charge in [-0.15, -0.1) is 0 Å². The molecule has 0 fully saturated rings. The highest BCUT2D eigenvalue weighted by Crippen LogP contribution is 1.96. The van der Waals surface area contributed by atoms with Crippen LogP contribution in [0.15, 0.2) is 12.4 Å². The SMILES string of the molecule is Cn1cc(C(=O)N[C@@H](CO)C(=O)O)cn1. The molecule has 1 aromatic rings. The first kappa shape index (κ1) is 11.2. The summed E-state index contributed by atoms with van der Waals surface area (Å²) in [6, 6.07) is -1.29. The Hall–Kier alpha value is -1.89. The number of amides is 1. The molecule has 1 amide bonds. The maximum atomic E-state index is 11.4. The van der Waals surface area contributed by atoms with Gasteiger partial charge in [0, 0.05) is 13.2 Å². The average Bonchev–Trinajstić information content (AvgIpc) is 2.60. The highest BCUT2D eigenvalue weighted by molar-refractivity contribution is 5.96. The number of carboxylic acid groups (broad SMARTS) is 1. The molecule has 1 atom stereocenters. The summed E-state index contributed by atoms with van der Waals surface area (Å²) in [6.07, 6.45) is 2.76. The van der Waals surface area contributed by atoms with Gasteiger partial charge >= 0.3 is 5.97 Å². The topological polar surface area (TPSA) is 104 Å². The van der Waals surface area contributed by atoms with Crippen LogP contribution in [0.2, 0.25) is 0 Å². The summed E-state index contributed by atoms with van der Waals surface area (Å²) in [6.45, 7) is -0.651. The first-order valence-electron chi connectivity index (χ1n) is 4.17. The molecule has 7 heteroatoms. The Morgan fingerprint density at radius 3 is 2.73 bits per heavy atom. The van der Waals surface area contributed by atoms with E-state index in [1.54, 1.807) is 7.05 Å². The number of nitrogens with zero attached hydrogens (tertiary/aromatic N) is 2. The zero-order valence-corrected chi connectivity index (χ0v) is 8.04. The van der Waals surface area contributed by atoms with Crippen LogP contribution in [0, 0.1) is 0 Å². The quantitative estimate of drug-likeness (QED) is 0.570. The van der Waals surface area contributed by atoms with Gasteiger partial charge in [-0.1, -0.05) is 0 Å². The number of nitrogens with one attached hydrogen (secondary N) is 1. The summed E-state index contributed by atoms with van der Waals surface area (Å²) >= 11 is 0. The zero-order chi connectivity index (χ0) is 11.4. The Kier molecular flexibility index (Phi) is 3.40. The Balaban J connectivity index is 2.66. The van der Waals surface area contributed by atoms with Crippen molar-refractivity contribution in [2.24, 2.45) is 7.05 Å². The van der Waals surface area contributed by atoms with Gasteiger partial charge in [-0.25, -0.2) is 4.79 Å². The van der Waals surface area contributed by atoms with E-state index >= 15 is 0 Å². The third kappa shape index (κ3) is 2.78. The first-order chi connectivity index (χ1) is 7.04. The summed E-state index contributed by atoms with van der Waals surface area (Å²) in [5.41, 5.74) is 0.247. The average molecular weight is 213 g/mol. The van der Waals surface area contributed by atoms with E-state index in [9.17, 15) is 9.59 Å². The first-order valence-corrected chi connectivity index (χ1v) is 4.17. The van der Waals surface area contributed by atoms with Crippen molar-refractivity contribution in [1.82, 2.24) is 15.1 Å². The van der Waals surface area contributed by atoms with Gasteiger partial charge in [0.05, 0.1) is 18.4 Å². The molecule has 0 aromatic carbocycles. The van der Waals surface area contributed by atoms with Gasteiger partial charge < -0.3 is 15.5 Å². The normalized spacial score (nSPS) is 12.1. The summed E-state index contributed by atoms with van der Waals surface area (Å²) in [5.74, 6) is -1.86. The number of aliphatic carboxylic acids is 1. The van der Waals surface area contributed by atoms with Crippen molar-refractivity contribution < 1.29 is 19.8 Å². The van der Waals surface area contributed by atoms with E-state index < -0.39 is 24.5 Å². The minimum atomic E-state index is -1.29. The molecule has 0 bridgehead atoms. The van der Waals surface area contributed by atoms with Gasteiger partial charge in [-0.2, -0.15) is 5.10 Å². The minimum Gasteiger partial charge on any atom is -0.480 e. The van der Waals surface area contributed by atoms with Crippen LogP contribution in [0.5, 0.6) is 0 Å². The third-order valence-electron chi connectivity index (χ3n) is 1.75. The molecule has 0 saturated heterocycles. The lowest BCUT2D eigenvalue weighted by Crippen LogP contribution is -2.43. The maximum Gasteiger partial charge on any atom is 0.328 e. The predicted molar refractivity (Wildman–Crippen MR) is 49.2 cm³/mol. The molecular formula is C8H11N3O4. The molecule has 82 valence electrons. The Bertz CT molecular complexity index is 374. The number of carbonyl (C=O) groups excluding carboxylic acids is 1. The van der Waals surface area contributed by atoms with E-state index in [-0.39, 0.29) is 5.56 Å². The molecule has 3 N–H and O–H groups in total. The van der Waals surface area contributed by atoms with E-state index in [4.69, 9.17) is 10.2 Å². The van der Waals surface area contributed by atoms with Crippen molar-refractivity contribution in [2.45, 2.75) is 6.04 Å². The molecule has 1 heterocycles. The van der Waals surface area contributed by atoms with E-state index in [1.807, 2.05) is 0 Å². The summed E-state index contributed by atoms with van der Waals surface area (Å²) in [4.78, 5) is 21.9. The molecule has 0 aliphatic heterocycles. The van der Waals surface area contributed by atoms with E-state index in [2.05, 4.69) is 10.4 Å². The Morgan fingerprint density at radius 2 is 2.33 bits per heavy atom. The predicted octanol–water partition coefficient (Wildman–Crippen LogP) is -1.40. The third-order valence-corrected chi connectivity index (χ3v) is 1.75. The van der Waals surface area contributed by atoms with Crippen molar-refractivity contribution in [1.29, 1.82) is 0 Å². The number of aromatic nitrogens is 2. The number of carbonyl (C=O) groups is 2. The molecule has 1 rings (SSSR count). The number of rotatable bonds is 4. The van der Waals surface area contributed by atoms with Crippen LogP contribution < -0.4 is 5.32 Å². The van der Waals surface area contributed by atoms with E-state index in [1.165, 1.54) is 17.1 Å². The minimum absolute atomic E-state index is 0.247. The Morgan fingerprint density at radius 1 is 1.67 bits per heavy atom. The standard InChI is InChI=1S/C8H11N3O4/c1-11-3-5(2-9-11)7(13)10-6(4-12)8(14)15/h2-3,6,12H,4H2,1H3,(H,10,13)(H,14,15)/t6-/m0/s1. The largest absolute Gasteiger partial charge is 0.480 e. The van der Waals surface area contributed by atoms with Gasteiger partial charge in [-0.3, -0.25) is 9.48 Å². The van der Waals surface area contributed by atoms with Gasteiger partial charge in [0.1, 0.15) is 0 Å². The van der Waals surface area contributed by atoms with Crippen molar-refractivity contribution >= 4 is 11.9 Å². The van der Waals surface area contributed by atoms with E-state index in [0.29, 0.717) is 0 Å². The van der Waals surface area contributed by atoms with Gasteiger partial charge in [0.25, 0.3) is 5.91 Å². The number of aryl methyl sites for hydroxylation is 1. The lowest BCUT2D eigenvalue weighted by atomic mass is 10.2. The molecule has 0 aliphatic rings. The molecule has 1 aromatic heterocycles. The fourth-order valence-electron chi connectivity index (χ4n) is 0.966. The molecule has 15 heavy (non-hydrogen) atoms. The second-order valence-corrected chi connectivity index (χ2v) is 2.95. The number of hydrogen-bond acceptors (Lipinski definition) is 4. The summed E-state index contributed by atoms with van der Waals surface area (Å²) in [7, 11) is 1.64. The lowest BCUT2D eigenvalue weighted by Gasteiger charge is -2.09. The zero-order valence-electron chi connectivity index (χ0n) is 8.04. The highest BCUT2D eigenvalue weighted by atomic mass is 16.4. The molecular weight excluding hydrogens is 202 g/mol. The van der Waals surface area contributed by atoms with Gasteiger partial charge in [-0.05, 0) is 0 Å². The van der Waals surface area contributed by atoms with Crippen LogP contribution in [-0.2, 0) is 11.8 Å². The summed E-state index contributed by atoms with van der Waals surface area (Å²) < 4.78 is 1.42. The van der Waals surface area contributed by atoms with Crippen LogP contribution in [0.4, 0.5) is 0 Å². The second kappa shape index (κ2) is 4.56. The second-order valence-electron chi connectivity index (χ2n) is 2.95. The number of carboxylic acids is 1. The van der Waals surface area contributed by atoms with Crippen molar-refractivity contribution in [2.75, 3.05) is 6.61 Å². The van der Waals surface area contributed by atoms with Crippen molar-refractivity contribution in [3.05, 3.63) is 18.0 Å². The van der Waals surface area contributed by atoms with Crippen LogP contribution in [0.1, 0.15) is 10.4 Å². The number of hydrogen-bond donors (Lipinski definition) is 3. The highest BCUT2D eigenvalue weighted by Gasteiger charge is 2.19. The van der Waals surface area contributed by atoms with Crippen LogP contribution in [0.25, 0.3) is 0 Å². The molecule has 0 aliphatic carbocycles. The number of aliphatic hydroxyl groups excluding tert-OH is 1. The van der Waals surface area contributed by atoms with Crippen LogP contribution >= 0.6 is 0 Å². The molecule has 0 spiro atoms. The monoisotopic (exact) mass is 213 g/mol. The van der Waals surface area contributed by atoms with E-state index in [0.717, 1.165) is 0 Å².